The molecule has 2 heterocycles. The molecule has 0 bridgehead atoms. The standard InChI is InChI=1S/C19H26N4O5/c1-26-16-6-5-14(10-17(16)27-2)28-18-11-22(9-7-15(18)24)19(25)4-3-8-23-13-20-12-21-23/h5-6,10,12-13,15,18,24H,3-4,7-9,11H2,1-2H3/t15-,18-/m1/s1. The lowest BCUT2D eigenvalue weighted by molar-refractivity contribution is -0.136. The van der Waals surface area contributed by atoms with Crippen LogP contribution in [0.2, 0.25) is 0 Å². The van der Waals surface area contributed by atoms with Crippen LogP contribution in [0, 0.1) is 0 Å². The number of aliphatic hydroxyl groups excluding tert-OH is 1. The molecule has 28 heavy (non-hydrogen) atoms. The van der Waals surface area contributed by atoms with Crippen LogP contribution in [0.3, 0.4) is 0 Å². The fourth-order valence-corrected chi connectivity index (χ4v) is 3.21. The van der Waals surface area contributed by atoms with Gasteiger partial charge >= 0.3 is 0 Å². The van der Waals surface area contributed by atoms with Crippen molar-refractivity contribution in [3.63, 3.8) is 0 Å². The molecule has 1 saturated heterocycles. The molecular weight excluding hydrogens is 364 g/mol. The molecule has 9 nitrogen and oxygen atoms in total. The van der Waals surface area contributed by atoms with Crippen LogP contribution >= 0.6 is 0 Å². The number of hydrogen-bond donors (Lipinski definition) is 1. The summed E-state index contributed by atoms with van der Waals surface area (Å²) in [6.45, 7) is 1.51. The van der Waals surface area contributed by atoms with E-state index < -0.39 is 12.2 Å². The van der Waals surface area contributed by atoms with Gasteiger partial charge in [-0.05, 0) is 25.0 Å². The molecule has 1 amide bonds. The van der Waals surface area contributed by atoms with Crippen molar-refractivity contribution in [2.45, 2.75) is 38.0 Å². The first-order valence-electron chi connectivity index (χ1n) is 9.27. The van der Waals surface area contributed by atoms with Crippen molar-refractivity contribution in [2.75, 3.05) is 27.3 Å². The molecule has 0 aliphatic carbocycles. The largest absolute Gasteiger partial charge is 0.493 e. The van der Waals surface area contributed by atoms with Crippen LogP contribution in [0.4, 0.5) is 0 Å². The minimum atomic E-state index is -0.632. The summed E-state index contributed by atoms with van der Waals surface area (Å²) in [7, 11) is 3.12. The Balaban J connectivity index is 1.55. The van der Waals surface area contributed by atoms with E-state index in [9.17, 15) is 9.90 Å². The first kappa shape index (κ1) is 19.9. The summed E-state index contributed by atoms with van der Waals surface area (Å²) < 4.78 is 18.2. The molecule has 1 aliphatic heterocycles. The molecule has 1 aliphatic rings. The van der Waals surface area contributed by atoms with Gasteiger partial charge in [-0.25, -0.2) is 4.98 Å². The Labute approximate surface area is 163 Å². The third-order valence-electron chi connectivity index (χ3n) is 4.76. The number of ether oxygens (including phenoxy) is 3. The molecule has 1 aromatic carbocycles. The van der Waals surface area contributed by atoms with E-state index in [0.717, 1.165) is 0 Å². The third-order valence-corrected chi connectivity index (χ3v) is 4.76. The molecule has 1 fully saturated rings. The number of hydrogen-bond acceptors (Lipinski definition) is 7. The van der Waals surface area contributed by atoms with E-state index in [2.05, 4.69) is 10.1 Å². The van der Waals surface area contributed by atoms with Crippen LogP contribution in [0.15, 0.2) is 30.9 Å². The molecule has 2 aromatic rings. The van der Waals surface area contributed by atoms with E-state index in [1.165, 1.54) is 6.33 Å². The van der Waals surface area contributed by atoms with Gasteiger partial charge in [0.25, 0.3) is 0 Å². The molecule has 9 heteroatoms. The number of carbonyl (C=O) groups excluding carboxylic acids is 1. The first-order chi connectivity index (χ1) is 13.6. The number of benzene rings is 1. The Morgan fingerprint density at radius 1 is 1.29 bits per heavy atom. The smallest absolute Gasteiger partial charge is 0.222 e. The van der Waals surface area contributed by atoms with Crippen LogP contribution < -0.4 is 14.2 Å². The Kier molecular flexibility index (Phi) is 6.70. The summed E-state index contributed by atoms with van der Waals surface area (Å²) in [6.07, 6.45) is 3.56. The number of aryl methyl sites for hydroxylation is 1. The summed E-state index contributed by atoms with van der Waals surface area (Å²) in [6, 6.07) is 5.22. The average molecular weight is 390 g/mol. The van der Waals surface area contributed by atoms with Gasteiger partial charge in [0.1, 0.15) is 24.5 Å². The second-order valence-electron chi connectivity index (χ2n) is 6.63. The second-order valence-corrected chi connectivity index (χ2v) is 6.63. The lowest BCUT2D eigenvalue weighted by Gasteiger charge is -2.36. The zero-order valence-corrected chi connectivity index (χ0v) is 16.2. The van der Waals surface area contributed by atoms with Crippen LogP contribution in [-0.4, -0.2) is 70.2 Å². The normalized spacial score (nSPS) is 19.3. The number of aliphatic hydroxyl groups is 1. The van der Waals surface area contributed by atoms with Gasteiger partial charge in [-0.3, -0.25) is 9.48 Å². The fraction of sp³-hybridized carbons (Fsp3) is 0.526. The monoisotopic (exact) mass is 390 g/mol. The predicted octanol–water partition coefficient (Wildman–Crippen LogP) is 1.12. The molecule has 0 saturated carbocycles. The van der Waals surface area contributed by atoms with E-state index in [1.807, 2.05) is 0 Å². The number of rotatable bonds is 8. The van der Waals surface area contributed by atoms with Crippen molar-refractivity contribution in [2.24, 2.45) is 0 Å². The van der Waals surface area contributed by atoms with Crippen molar-refractivity contribution in [1.29, 1.82) is 0 Å². The topological polar surface area (TPSA) is 98.9 Å². The predicted molar refractivity (Wildman–Crippen MR) is 100 cm³/mol. The average Bonchev–Trinajstić information content (AvgIpc) is 3.23. The zero-order chi connectivity index (χ0) is 19.9. The summed E-state index contributed by atoms with van der Waals surface area (Å²) in [5.74, 6) is 1.75. The molecule has 1 aromatic heterocycles. The lowest BCUT2D eigenvalue weighted by Crippen LogP contribution is -2.51. The van der Waals surface area contributed by atoms with Crippen LogP contribution in [0.25, 0.3) is 0 Å². The summed E-state index contributed by atoms with van der Waals surface area (Å²) >= 11 is 0. The summed E-state index contributed by atoms with van der Waals surface area (Å²) in [5.41, 5.74) is 0. The highest BCUT2D eigenvalue weighted by Gasteiger charge is 2.31. The summed E-state index contributed by atoms with van der Waals surface area (Å²) in [5, 5.41) is 14.3. The summed E-state index contributed by atoms with van der Waals surface area (Å²) in [4.78, 5) is 18.2. The van der Waals surface area contributed by atoms with E-state index >= 15 is 0 Å². The van der Waals surface area contributed by atoms with Crippen molar-refractivity contribution in [3.8, 4) is 17.2 Å². The van der Waals surface area contributed by atoms with Crippen LogP contribution in [0.1, 0.15) is 19.3 Å². The Bertz CT molecular complexity index is 768. The molecule has 0 unspecified atom stereocenters. The van der Waals surface area contributed by atoms with Crippen LogP contribution in [-0.2, 0) is 11.3 Å². The van der Waals surface area contributed by atoms with Crippen LogP contribution in [0.5, 0.6) is 17.2 Å². The first-order valence-corrected chi connectivity index (χ1v) is 9.27. The number of amides is 1. The highest BCUT2D eigenvalue weighted by atomic mass is 16.5. The van der Waals surface area contributed by atoms with Gasteiger partial charge in [0, 0.05) is 25.6 Å². The number of piperidine rings is 1. The highest BCUT2D eigenvalue weighted by molar-refractivity contribution is 5.76. The second kappa shape index (κ2) is 9.41. The van der Waals surface area contributed by atoms with Gasteiger partial charge in [0.15, 0.2) is 11.5 Å². The maximum atomic E-state index is 12.5. The molecule has 2 atom stereocenters. The van der Waals surface area contributed by atoms with Crippen molar-refractivity contribution in [3.05, 3.63) is 30.9 Å². The van der Waals surface area contributed by atoms with Gasteiger partial charge in [-0.15, -0.1) is 0 Å². The maximum absolute atomic E-state index is 12.5. The van der Waals surface area contributed by atoms with E-state index in [-0.39, 0.29) is 5.91 Å². The maximum Gasteiger partial charge on any atom is 0.222 e. The highest BCUT2D eigenvalue weighted by Crippen LogP contribution is 2.32. The zero-order valence-electron chi connectivity index (χ0n) is 16.2. The van der Waals surface area contributed by atoms with Crippen molar-refractivity contribution in [1.82, 2.24) is 19.7 Å². The Morgan fingerprint density at radius 3 is 2.82 bits per heavy atom. The molecule has 3 rings (SSSR count). The Morgan fingerprint density at radius 2 is 2.11 bits per heavy atom. The molecular formula is C19H26N4O5. The SMILES string of the molecule is COc1ccc(O[C@@H]2CN(C(=O)CCCn3cncn3)CC[C@H]2O)cc1OC. The fourth-order valence-electron chi connectivity index (χ4n) is 3.21. The van der Waals surface area contributed by atoms with Crippen molar-refractivity contribution < 1.29 is 24.1 Å². The Hall–Kier alpha value is -2.81. The number of nitrogens with zero attached hydrogens (tertiary/aromatic N) is 4. The number of methoxy groups -OCH3 is 2. The molecule has 0 spiro atoms. The van der Waals surface area contributed by atoms with E-state index in [0.29, 0.717) is 56.1 Å². The van der Waals surface area contributed by atoms with Gasteiger partial charge in [-0.1, -0.05) is 0 Å². The minimum Gasteiger partial charge on any atom is -0.493 e. The quantitative estimate of drug-likeness (QED) is 0.721. The van der Waals surface area contributed by atoms with Crippen molar-refractivity contribution >= 4 is 5.91 Å². The molecule has 0 radical (unpaired) electrons. The van der Waals surface area contributed by atoms with E-state index in [4.69, 9.17) is 14.2 Å². The number of aromatic nitrogens is 3. The molecule has 1 N–H and O–H groups in total. The molecule has 152 valence electrons. The number of likely N-dealkylation sites (tertiary alicyclic amines) is 1. The minimum absolute atomic E-state index is 0.0490. The number of carbonyl (C=O) groups is 1. The van der Waals surface area contributed by atoms with E-state index in [1.54, 1.807) is 48.3 Å². The lowest BCUT2D eigenvalue weighted by atomic mass is 10.0. The van der Waals surface area contributed by atoms with Gasteiger partial charge in [-0.2, -0.15) is 5.10 Å². The third kappa shape index (κ3) is 4.92. The van der Waals surface area contributed by atoms with Gasteiger partial charge < -0.3 is 24.2 Å². The van der Waals surface area contributed by atoms with Gasteiger partial charge in [0.05, 0.1) is 26.9 Å². The van der Waals surface area contributed by atoms with Gasteiger partial charge in [0.2, 0.25) is 5.91 Å².